The number of aryl methyl sites for hydroxylation is 2. The maximum atomic E-state index is 12.2. The molecule has 1 N–H and O–H groups in total. The summed E-state index contributed by atoms with van der Waals surface area (Å²) in [5.74, 6) is -1.07. The van der Waals surface area contributed by atoms with Crippen LogP contribution in [0.3, 0.4) is 0 Å². The first-order valence-corrected chi connectivity index (χ1v) is 11.6. The number of benzene rings is 1. The predicted octanol–water partition coefficient (Wildman–Crippen LogP) is 1.71. The molecule has 1 aliphatic heterocycles. The molecule has 154 valence electrons. The Kier molecular flexibility index (Phi) is 6.40. The van der Waals surface area contributed by atoms with Gasteiger partial charge in [0.1, 0.15) is 6.04 Å². The van der Waals surface area contributed by atoms with Crippen LogP contribution in [0.1, 0.15) is 55.3 Å². The van der Waals surface area contributed by atoms with Crippen LogP contribution in [0.2, 0.25) is 0 Å². The Labute approximate surface area is 166 Å². The third-order valence-corrected chi connectivity index (χ3v) is 6.79. The molecule has 1 fully saturated rings. The summed E-state index contributed by atoms with van der Waals surface area (Å²) in [6.07, 6.45) is 6.69. The van der Waals surface area contributed by atoms with Crippen molar-refractivity contribution in [3.63, 3.8) is 0 Å². The SMILES string of the molecule is CC(NC(=O)COC(=O)[C@@H]1CCCN1S(C)(=O)=O)c1ccc2c(c1)CCCC2. The van der Waals surface area contributed by atoms with Gasteiger partial charge in [-0.25, -0.2) is 8.42 Å². The van der Waals surface area contributed by atoms with Gasteiger partial charge in [0.05, 0.1) is 12.3 Å². The number of amides is 1. The topological polar surface area (TPSA) is 92.8 Å². The van der Waals surface area contributed by atoms with Crippen molar-refractivity contribution in [2.75, 3.05) is 19.4 Å². The second kappa shape index (κ2) is 8.61. The molecule has 1 aliphatic carbocycles. The van der Waals surface area contributed by atoms with Crippen molar-refractivity contribution in [1.29, 1.82) is 0 Å². The standard InChI is InChI=1S/C20H28N2O5S/c1-14(16-10-9-15-6-3-4-7-17(15)12-16)21-19(23)13-27-20(24)18-8-5-11-22(18)28(2,25)26/h9-10,12,14,18H,3-8,11,13H2,1-2H3,(H,21,23)/t14?,18-/m0/s1. The van der Waals surface area contributed by atoms with Gasteiger partial charge in [-0.15, -0.1) is 0 Å². The molecule has 2 atom stereocenters. The summed E-state index contributed by atoms with van der Waals surface area (Å²) in [6.45, 7) is 1.79. The Morgan fingerprint density at radius 1 is 1.21 bits per heavy atom. The van der Waals surface area contributed by atoms with Crippen LogP contribution in [0.25, 0.3) is 0 Å². The van der Waals surface area contributed by atoms with E-state index in [2.05, 4.69) is 17.4 Å². The molecule has 1 aromatic carbocycles. The van der Waals surface area contributed by atoms with E-state index in [1.807, 2.05) is 13.0 Å². The maximum Gasteiger partial charge on any atom is 0.324 e. The minimum atomic E-state index is -3.47. The number of fused-ring (bicyclic) bond motifs is 1. The molecule has 1 heterocycles. The number of esters is 1. The van der Waals surface area contributed by atoms with Gasteiger partial charge in [0.15, 0.2) is 6.61 Å². The quantitative estimate of drug-likeness (QED) is 0.724. The fraction of sp³-hybridized carbons (Fsp3) is 0.600. The third-order valence-electron chi connectivity index (χ3n) is 5.50. The van der Waals surface area contributed by atoms with E-state index in [1.54, 1.807) is 0 Å². The molecular formula is C20H28N2O5S. The van der Waals surface area contributed by atoms with Crippen molar-refractivity contribution in [1.82, 2.24) is 9.62 Å². The van der Waals surface area contributed by atoms with Crippen molar-refractivity contribution in [2.24, 2.45) is 0 Å². The summed E-state index contributed by atoms with van der Waals surface area (Å²) in [5, 5.41) is 2.84. The number of hydrogen-bond acceptors (Lipinski definition) is 5. The summed E-state index contributed by atoms with van der Waals surface area (Å²) in [4.78, 5) is 24.4. The second-order valence-corrected chi connectivity index (χ2v) is 9.60. The summed E-state index contributed by atoms with van der Waals surface area (Å²) in [5.41, 5.74) is 3.76. The molecule has 0 aromatic heterocycles. The minimum absolute atomic E-state index is 0.197. The molecule has 3 rings (SSSR count). The number of sulfonamides is 1. The monoisotopic (exact) mass is 408 g/mol. The van der Waals surface area contributed by atoms with E-state index < -0.39 is 34.5 Å². The van der Waals surface area contributed by atoms with Crippen LogP contribution in [-0.4, -0.2) is 50.0 Å². The summed E-state index contributed by atoms with van der Waals surface area (Å²) >= 11 is 0. The molecule has 0 radical (unpaired) electrons. The van der Waals surface area contributed by atoms with Crippen LogP contribution in [0.5, 0.6) is 0 Å². The van der Waals surface area contributed by atoms with E-state index in [0.717, 1.165) is 29.0 Å². The first-order valence-electron chi connectivity index (χ1n) is 9.80. The molecule has 0 saturated carbocycles. The number of nitrogens with one attached hydrogen (secondary N) is 1. The van der Waals surface area contributed by atoms with Gasteiger partial charge >= 0.3 is 5.97 Å². The fourth-order valence-corrected chi connectivity index (χ4v) is 5.11. The molecule has 1 aromatic rings. The molecule has 1 amide bonds. The second-order valence-electron chi connectivity index (χ2n) is 7.66. The Balaban J connectivity index is 1.52. The number of carbonyl (C=O) groups excluding carboxylic acids is 2. The van der Waals surface area contributed by atoms with Crippen LogP contribution in [0.15, 0.2) is 18.2 Å². The molecule has 2 aliphatic rings. The predicted molar refractivity (Wildman–Crippen MR) is 105 cm³/mol. The Hall–Kier alpha value is -1.93. The summed E-state index contributed by atoms with van der Waals surface area (Å²) in [7, 11) is -3.47. The summed E-state index contributed by atoms with van der Waals surface area (Å²) in [6, 6.07) is 5.28. The molecular weight excluding hydrogens is 380 g/mol. The van der Waals surface area contributed by atoms with E-state index in [1.165, 1.54) is 24.0 Å². The lowest BCUT2D eigenvalue weighted by Crippen LogP contribution is -2.42. The van der Waals surface area contributed by atoms with Crippen LogP contribution >= 0.6 is 0 Å². The van der Waals surface area contributed by atoms with E-state index in [4.69, 9.17) is 4.74 Å². The Morgan fingerprint density at radius 3 is 2.64 bits per heavy atom. The molecule has 8 heteroatoms. The molecule has 1 unspecified atom stereocenters. The van der Waals surface area contributed by atoms with Crippen molar-refractivity contribution in [3.05, 3.63) is 34.9 Å². The van der Waals surface area contributed by atoms with Gasteiger partial charge in [-0.05, 0) is 62.1 Å². The zero-order valence-corrected chi connectivity index (χ0v) is 17.3. The van der Waals surface area contributed by atoms with Gasteiger partial charge < -0.3 is 10.1 Å². The Morgan fingerprint density at radius 2 is 1.93 bits per heavy atom. The van der Waals surface area contributed by atoms with Crippen LogP contribution in [0.4, 0.5) is 0 Å². The number of ether oxygens (including phenoxy) is 1. The first kappa shape index (κ1) is 20.8. The lowest BCUT2D eigenvalue weighted by atomic mass is 9.89. The number of nitrogens with zero attached hydrogens (tertiary/aromatic N) is 1. The average molecular weight is 409 g/mol. The van der Waals surface area contributed by atoms with E-state index >= 15 is 0 Å². The van der Waals surface area contributed by atoms with Crippen molar-refractivity contribution in [3.8, 4) is 0 Å². The fourth-order valence-electron chi connectivity index (χ4n) is 3.99. The smallest absolute Gasteiger partial charge is 0.324 e. The van der Waals surface area contributed by atoms with Gasteiger partial charge in [0.25, 0.3) is 5.91 Å². The van der Waals surface area contributed by atoms with Gasteiger partial charge in [-0.2, -0.15) is 4.31 Å². The maximum absolute atomic E-state index is 12.2. The van der Waals surface area contributed by atoms with Gasteiger partial charge in [0.2, 0.25) is 10.0 Å². The van der Waals surface area contributed by atoms with Crippen LogP contribution in [-0.2, 0) is 37.2 Å². The molecule has 1 saturated heterocycles. The largest absolute Gasteiger partial charge is 0.454 e. The normalized spacial score (nSPS) is 21.0. The zero-order chi connectivity index (χ0) is 20.3. The average Bonchev–Trinajstić information content (AvgIpc) is 3.16. The van der Waals surface area contributed by atoms with Crippen molar-refractivity contribution >= 4 is 21.9 Å². The molecule has 0 spiro atoms. The highest BCUT2D eigenvalue weighted by molar-refractivity contribution is 7.88. The van der Waals surface area contributed by atoms with Gasteiger partial charge in [-0.1, -0.05) is 18.2 Å². The number of rotatable bonds is 6. The highest BCUT2D eigenvalue weighted by atomic mass is 32.2. The molecule has 0 bridgehead atoms. The number of hydrogen-bond donors (Lipinski definition) is 1. The highest BCUT2D eigenvalue weighted by Crippen LogP contribution is 2.25. The lowest BCUT2D eigenvalue weighted by molar-refractivity contribution is -0.151. The van der Waals surface area contributed by atoms with Crippen LogP contribution in [0, 0.1) is 0 Å². The summed E-state index contributed by atoms with van der Waals surface area (Å²) < 4.78 is 29.7. The van der Waals surface area contributed by atoms with Gasteiger partial charge in [0, 0.05) is 6.54 Å². The molecule has 28 heavy (non-hydrogen) atoms. The van der Waals surface area contributed by atoms with Crippen molar-refractivity contribution < 1.29 is 22.7 Å². The molecule has 7 nitrogen and oxygen atoms in total. The highest BCUT2D eigenvalue weighted by Gasteiger charge is 2.37. The zero-order valence-electron chi connectivity index (χ0n) is 16.4. The van der Waals surface area contributed by atoms with E-state index in [9.17, 15) is 18.0 Å². The minimum Gasteiger partial charge on any atom is -0.454 e. The number of carbonyl (C=O) groups is 2. The van der Waals surface area contributed by atoms with Gasteiger partial charge in [-0.3, -0.25) is 9.59 Å². The van der Waals surface area contributed by atoms with Crippen molar-refractivity contribution in [2.45, 2.75) is 57.5 Å². The van der Waals surface area contributed by atoms with Crippen LogP contribution < -0.4 is 5.32 Å². The lowest BCUT2D eigenvalue weighted by Gasteiger charge is -2.21. The Bertz CT molecular complexity index is 852. The first-order chi connectivity index (χ1) is 13.3. The van der Waals surface area contributed by atoms with E-state index in [0.29, 0.717) is 19.4 Å². The van der Waals surface area contributed by atoms with E-state index in [-0.39, 0.29) is 6.04 Å². The third kappa shape index (κ3) is 4.91.